The van der Waals surface area contributed by atoms with Crippen molar-refractivity contribution in [3.05, 3.63) is 24.3 Å². The number of nitrogens with one attached hydrogen (secondary N) is 1. The third-order valence-corrected chi connectivity index (χ3v) is 6.47. The number of amides is 1. The van der Waals surface area contributed by atoms with Crippen molar-refractivity contribution in [3.8, 4) is 0 Å². The molecule has 0 aliphatic heterocycles. The van der Waals surface area contributed by atoms with Crippen LogP contribution < -0.4 is 5.32 Å². The third-order valence-electron chi connectivity index (χ3n) is 3.59. The number of alkyl halides is 2. The minimum atomic E-state index is -3.56. The van der Waals surface area contributed by atoms with E-state index in [2.05, 4.69) is 5.32 Å². The summed E-state index contributed by atoms with van der Waals surface area (Å²) in [4.78, 5) is 12.1. The van der Waals surface area contributed by atoms with Crippen LogP contribution in [0.1, 0.15) is 20.3 Å². The second-order valence-corrected chi connectivity index (χ2v) is 8.60. The normalized spacial score (nSPS) is 20.0. The summed E-state index contributed by atoms with van der Waals surface area (Å²) >= 11 is 11.7. The Bertz CT molecular complexity index is 672. The molecular formula is C14H18Cl2N2O3S. The number of nitrogens with zero attached hydrogens (tertiary/aromatic N) is 1. The number of benzene rings is 1. The van der Waals surface area contributed by atoms with Crippen LogP contribution in [-0.4, -0.2) is 36.1 Å². The minimum absolute atomic E-state index is 0.146. The number of hydrogen-bond acceptors (Lipinski definition) is 3. The highest BCUT2D eigenvalue weighted by atomic mass is 35.5. The van der Waals surface area contributed by atoms with Gasteiger partial charge in [-0.3, -0.25) is 4.79 Å². The lowest BCUT2D eigenvalue weighted by Gasteiger charge is -2.18. The Morgan fingerprint density at radius 3 is 2.45 bits per heavy atom. The van der Waals surface area contributed by atoms with E-state index in [0.29, 0.717) is 25.2 Å². The lowest BCUT2D eigenvalue weighted by Crippen LogP contribution is -2.30. The van der Waals surface area contributed by atoms with Crippen molar-refractivity contribution in [2.75, 3.05) is 18.4 Å². The van der Waals surface area contributed by atoms with Crippen LogP contribution in [0, 0.1) is 5.92 Å². The van der Waals surface area contributed by atoms with Crippen LogP contribution in [0.4, 0.5) is 5.69 Å². The number of carbonyl (C=O) groups is 1. The first-order chi connectivity index (χ1) is 10.2. The van der Waals surface area contributed by atoms with Gasteiger partial charge in [-0.1, -0.05) is 19.9 Å². The lowest BCUT2D eigenvalue weighted by molar-refractivity contribution is -0.117. The fourth-order valence-corrected chi connectivity index (χ4v) is 4.19. The second kappa shape index (κ2) is 6.35. The molecule has 1 N–H and O–H groups in total. The predicted molar refractivity (Wildman–Crippen MR) is 87.7 cm³/mol. The molecule has 8 heteroatoms. The molecule has 1 amide bonds. The fraction of sp³-hybridized carbons (Fsp3) is 0.500. The molecule has 0 radical (unpaired) electrons. The monoisotopic (exact) mass is 364 g/mol. The van der Waals surface area contributed by atoms with E-state index in [1.54, 1.807) is 26.0 Å². The summed E-state index contributed by atoms with van der Waals surface area (Å²) in [5.41, 5.74) is 0.411. The Hall–Kier alpha value is -0.820. The predicted octanol–water partition coefficient (Wildman–Crippen LogP) is 2.85. The summed E-state index contributed by atoms with van der Waals surface area (Å²) < 4.78 is 25.3. The molecule has 0 bridgehead atoms. The zero-order valence-corrected chi connectivity index (χ0v) is 14.7. The summed E-state index contributed by atoms with van der Waals surface area (Å²) in [5, 5.41) is 2.66. The summed E-state index contributed by atoms with van der Waals surface area (Å²) in [6.07, 6.45) is 0.402. The van der Waals surface area contributed by atoms with E-state index in [0.717, 1.165) is 0 Å². The van der Waals surface area contributed by atoms with E-state index >= 15 is 0 Å². The molecule has 0 aromatic heterocycles. The first-order valence-corrected chi connectivity index (χ1v) is 9.21. The van der Waals surface area contributed by atoms with Gasteiger partial charge in [-0.2, -0.15) is 4.31 Å². The van der Waals surface area contributed by atoms with Gasteiger partial charge in [-0.25, -0.2) is 8.42 Å². The van der Waals surface area contributed by atoms with Gasteiger partial charge in [0.15, 0.2) is 0 Å². The molecule has 0 saturated heterocycles. The Labute approximate surface area is 140 Å². The van der Waals surface area contributed by atoms with Crippen molar-refractivity contribution in [3.63, 3.8) is 0 Å². The number of carbonyl (C=O) groups excluding carboxylic acids is 1. The Morgan fingerprint density at radius 1 is 1.36 bits per heavy atom. The number of hydrogen-bond donors (Lipinski definition) is 1. The Kier molecular flexibility index (Phi) is 5.06. The summed E-state index contributed by atoms with van der Waals surface area (Å²) in [7, 11) is -3.56. The van der Waals surface area contributed by atoms with Gasteiger partial charge in [0.25, 0.3) is 0 Å². The van der Waals surface area contributed by atoms with Crippen LogP contribution in [0.25, 0.3) is 0 Å². The Morgan fingerprint density at radius 2 is 1.95 bits per heavy atom. The van der Waals surface area contributed by atoms with Crippen LogP contribution in [0.2, 0.25) is 0 Å². The summed E-state index contributed by atoms with van der Waals surface area (Å²) in [5.74, 6) is -0.763. The third kappa shape index (κ3) is 3.56. The molecule has 122 valence electrons. The average molecular weight is 365 g/mol. The van der Waals surface area contributed by atoms with Crippen LogP contribution in [0.5, 0.6) is 0 Å². The maximum absolute atomic E-state index is 12.5. The van der Waals surface area contributed by atoms with Gasteiger partial charge in [0.1, 0.15) is 4.33 Å². The molecule has 1 aromatic rings. The van der Waals surface area contributed by atoms with E-state index < -0.39 is 20.3 Å². The topological polar surface area (TPSA) is 66.5 Å². The molecule has 0 heterocycles. The van der Waals surface area contributed by atoms with Crippen molar-refractivity contribution in [1.82, 2.24) is 4.31 Å². The number of anilines is 1. The quantitative estimate of drug-likeness (QED) is 0.789. The maximum Gasteiger partial charge on any atom is 0.243 e. The van der Waals surface area contributed by atoms with Crippen LogP contribution in [0.15, 0.2) is 29.2 Å². The first-order valence-electron chi connectivity index (χ1n) is 7.01. The van der Waals surface area contributed by atoms with Crippen LogP contribution in [0.3, 0.4) is 0 Å². The molecule has 1 saturated carbocycles. The minimum Gasteiger partial charge on any atom is -0.326 e. The number of sulfonamides is 1. The van der Waals surface area contributed by atoms with Gasteiger partial charge in [0, 0.05) is 18.8 Å². The molecule has 1 aromatic carbocycles. The van der Waals surface area contributed by atoms with E-state index in [1.807, 2.05) is 0 Å². The van der Waals surface area contributed by atoms with Crippen molar-refractivity contribution in [1.29, 1.82) is 0 Å². The molecule has 1 aliphatic carbocycles. The molecule has 1 fully saturated rings. The number of rotatable bonds is 6. The lowest BCUT2D eigenvalue weighted by atomic mass is 10.3. The number of halogens is 2. The first kappa shape index (κ1) is 17.5. The molecule has 2 rings (SSSR count). The SMILES string of the molecule is CCN(CC)S(=O)(=O)c1cccc(NC(=O)[C@@H]2CC2(Cl)Cl)c1. The molecule has 22 heavy (non-hydrogen) atoms. The van der Waals surface area contributed by atoms with E-state index in [9.17, 15) is 13.2 Å². The Balaban J connectivity index is 2.19. The van der Waals surface area contributed by atoms with Crippen LogP contribution >= 0.6 is 23.2 Å². The zero-order chi connectivity index (χ0) is 16.5. The van der Waals surface area contributed by atoms with E-state index in [4.69, 9.17) is 23.2 Å². The molecule has 1 atom stereocenters. The fourth-order valence-electron chi connectivity index (χ4n) is 2.17. The highest BCUT2D eigenvalue weighted by molar-refractivity contribution is 7.89. The van der Waals surface area contributed by atoms with Gasteiger partial charge in [0.2, 0.25) is 15.9 Å². The van der Waals surface area contributed by atoms with Crippen molar-refractivity contribution in [2.24, 2.45) is 5.92 Å². The highest BCUT2D eigenvalue weighted by Gasteiger charge is 2.56. The zero-order valence-electron chi connectivity index (χ0n) is 12.3. The molecular weight excluding hydrogens is 347 g/mol. The van der Waals surface area contributed by atoms with Gasteiger partial charge < -0.3 is 5.32 Å². The van der Waals surface area contributed by atoms with E-state index in [1.165, 1.54) is 16.4 Å². The standard InChI is InChI=1S/C14H18Cl2N2O3S/c1-3-18(4-2)22(20,21)11-7-5-6-10(8-11)17-13(19)12-9-14(12,15)16/h5-8,12H,3-4,9H2,1-2H3,(H,17,19)/t12-/m0/s1. The van der Waals surface area contributed by atoms with Gasteiger partial charge in [-0.05, 0) is 24.6 Å². The van der Waals surface area contributed by atoms with Gasteiger partial charge in [0.05, 0.1) is 10.8 Å². The van der Waals surface area contributed by atoms with Gasteiger partial charge >= 0.3 is 0 Å². The van der Waals surface area contributed by atoms with Crippen LogP contribution in [-0.2, 0) is 14.8 Å². The highest BCUT2D eigenvalue weighted by Crippen LogP contribution is 2.53. The molecule has 0 spiro atoms. The average Bonchev–Trinajstić information content (AvgIpc) is 3.09. The van der Waals surface area contributed by atoms with Crippen molar-refractivity contribution >= 4 is 44.8 Å². The summed E-state index contributed by atoms with van der Waals surface area (Å²) in [6.45, 7) is 4.33. The second-order valence-electron chi connectivity index (χ2n) is 5.12. The summed E-state index contributed by atoms with van der Waals surface area (Å²) in [6, 6.07) is 6.17. The molecule has 5 nitrogen and oxygen atoms in total. The molecule has 0 unspecified atom stereocenters. The smallest absolute Gasteiger partial charge is 0.243 e. The largest absolute Gasteiger partial charge is 0.326 e. The van der Waals surface area contributed by atoms with Crippen molar-refractivity contribution in [2.45, 2.75) is 29.5 Å². The maximum atomic E-state index is 12.5. The van der Waals surface area contributed by atoms with Gasteiger partial charge in [-0.15, -0.1) is 23.2 Å². The van der Waals surface area contributed by atoms with E-state index in [-0.39, 0.29) is 10.8 Å². The van der Waals surface area contributed by atoms with Crippen molar-refractivity contribution < 1.29 is 13.2 Å². The molecule has 1 aliphatic rings.